The summed E-state index contributed by atoms with van der Waals surface area (Å²) in [6.07, 6.45) is 2.90. The van der Waals surface area contributed by atoms with E-state index >= 15 is 0 Å². The van der Waals surface area contributed by atoms with Crippen LogP contribution in [0, 0.1) is 6.92 Å². The molecule has 4 nitrogen and oxygen atoms in total. The molecule has 0 aliphatic carbocycles. The molecule has 0 bridgehead atoms. The third-order valence-electron chi connectivity index (χ3n) is 3.07. The molecule has 0 radical (unpaired) electrons. The Kier molecular flexibility index (Phi) is 7.18. The number of hydrogen-bond acceptors (Lipinski definition) is 3. The molecule has 1 atom stereocenters. The van der Waals surface area contributed by atoms with Crippen molar-refractivity contribution in [3.63, 3.8) is 0 Å². The van der Waals surface area contributed by atoms with Gasteiger partial charge in [-0.3, -0.25) is 4.79 Å². The maximum absolute atomic E-state index is 10.5. The molecule has 0 aliphatic rings. The summed E-state index contributed by atoms with van der Waals surface area (Å²) in [5.41, 5.74) is 7.86. The molecule has 0 saturated heterocycles. The van der Waals surface area contributed by atoms with Crippen molar-refractivity contribution < 1.29 is 9.90 Å². The first kappa shape index (κ1) is 16.6. The molecule has 1 rings (SSSR count). The Bertz CT molecular complexity index is 446. The Balaban J connectivity index is 2.14. The van der Waals surface area contributed by atoms with Gasteiger partial charge in [0.25, 0.3) is 0 Å². The summed E-state index contributed by atoms with van der Waals surface area (Å²) >= 11 is 5.28. The third-order valence-corrected chi connectivity index (χ3v) is 3.36. The summed E-state index contributed by atoms with van der Waals surface area (Å²) in [6, 6.07) is 7.55. The first-order chi connectivity index (χ1) is 9.49. The van der Waals surface area contributed by atoms with Crippen LogP contribution < -0.4 is 11.1 Å². The Labute approximate surface area is 125 Å². The number of nitrogens with one attached hydrogen (secondary N) is 1. The van der Waals surface area contributed by atoms with E-state index in [0.29, 0.717) is 6.42 Å². The SMILES string of the molecule is Cc1ccc(CC(=S)NCCCCC(N)C(=O)O)cc1. The summed E-state index contributed by atoms with van der Waals surface area (Å²) in [7, 11) is 0. The second kappa shape index (κ2) is 8.66. The summed E-state index contributed by atoms with van der Waals surface area (Å²) in [4.78, 5) is 11.4. The van der Waals surface area contributed by atoms with Crippen LogP contribution in [0.25, 0.3) is 0 Å². The van der Waals surface area contributed by atoms with Gasteiger partial charge >= 0.3 is 5.97 Å². The molecule has 0 aromatic heterocycles. The van der Waals surface area contributed by atoms with Crippen molar-refractivity contribution in [1.82, 2.24) is 5.32 Å². The highest BCUT2D eigenvalue weighted by Crippen LogP contribution is 2.04. The van der Waals surface area contributed by atoms with Gasteiger partial charge in [0.1, 0.15) is 6.04 Å². The number of carboxylic acids is 1. The van der Waals surface area contributed by atoms with Gasteiger partial charge in [0.2, 0.25) is 0 Å². The number of aryl methyl sites for hydroxylation is 1. The van der Waals surface area contributed by atoms with Crippen LogP contribution in [0.2, 0.25) is 0 Å². The maximum atomic E-state index is 10.5. The first-order valence-electron chi connectivity index (χ1n) is 6.79. The molecule has 0 aliphatic heterocycles. The molecular formula is C15H22N2O2S. The molecule has 110 valence electrons. The predicted octanol–water partition coefficient (Wildman–Crippen LogP) is 2.04. The Morgan fingerprint density at radius 2 is 2.00 bits per heavy atom. The van der Waals surface area contributed by atoms with Crippen molar-refractivity contribution in [2.45, 2.75) is 38.6 Å². The van der Waals surface area contributed by atoms with E-state index in [9.17, 15) is 4.79 Å². The van der Waals surface area contributed by atoms with Gasteiger partial charge in [0, 0.05) is 13.0 Å². The Morgan fingerprint density at radius 1 is 1.35 bits per heavy atom. The minimum atomic E-state index is -0.937. The first-order valence-corrected chi connectivity index (χ1v) is 7.20. The molecule has 5 heteroatoms. The molecule has 0 heterocycles. The normalized spacial score (nSPS) is 11.9. The molecule has 0 saturated carbocycles. The highest BCUT2D eigenvalue weighted by Gasteiger charge is 2.09. The fraction of sp³-hybridized carbons (Fsp3) is 0.467. The lowest BCUT2D eigenvalue weighted by Crippen LogP contribution is -2.30. The van der Waals surface area contributed by atoms with Crippen molar-refractivity contribution in [1.29, 1.82) is 0 Å². The molecule has 20 heavy (non-hydrogen) atoms. The second-order valence-corrected chi connectivity index (χ2v) is 5.45. The standard InChI is InChI=1S/C15H22N2O2S/c1-11-5-7-12(8-6-11)10-14(20)17-9-3-2-4-13(16)15(18)19/h5-8,13H,2-4,9-10,16H2,1H3,(H,17,20)(H,18,19). The molecule has 1 unspecified atom stereocenters. The van der Waals surface area contributed by atoms with Gasteiger partial charge in [-0.15, -0.1) is 0 Å². The van der Waals surface area contributed by atoms with Crippen LogP contribution in [0.3, 0.4) is 0 Å². The van der Waals surface area contributed by atoms with Crippen LogP contribution in [0.4, 0.5) is 0 Å². The summed E-state index contributed by atoms with van der Waals surface area (Å²) in [5.74, 6) is -0.937. The average Bonchev–Trinajstić information content (AvgIpc) is 2.40. The van der Waals surface area contributed by atoms with Crippen LogP contribution in [0.1, 0.15) is 30.4 Å². The average molecular weight is 294 g/mol. The number of carbonyl (C=O) groups is 1. The maximum Gasteiger partial charge on any atom is 0.320 e. The van der Waals surface area contributed by atoms with Crippen LogP contribution >= 0.6 is 12.2 Å². The number of benzene rings is 1. The summed E-state index contributed by atoms with van der Waals surface area (Å²) in [6.45, 7) is 2.82. The Morgan fingerprint density at radius 3 is 2.60 bits per heavy atom. The smallest absolute Gasteiger partial charge is 0.320 e. The lowest BCUT2D eigenvalue weighted by Gasteiger charge is -2.09. The highest BCUT2D eigenvalue weighted by atomic mass is 32.1. The van der Waals surface area contributed by atoms with Gasteiger partial charge < -0.3 is 16.2 Å². The van der Waals surface area contributed by atoms with Crippen molar-refractivity contribution in [3.8, 4) is 0 Å². The number of hydrogen-bond donors (Lipinski definition) is 3. The molecule has 0 fully saturated rings. The van der Waals surface area contributed by atoms with Crippen molar-refractivity contribution >= 4 is 23.2 Å². The van der Waals surface area contributed by atoms with Crippen LogP contribution in [0.15, 0.2) is 24.3 Å². The molecule has 0 amide bonds. The van der Waals surface area contributed by atoms with Crippen molar-refractivity contribution in [2.75, 3.05) is 6.54 Å². The van der Waals surface area contributed by atoms with E-state index in [-0.39, 0.29) is 0 Å². The topological polar surface area (TPSA) is 75.3 Å². The Hall–Kier alpha value is -1.46. The van der Waals surface area contributed by atoms with Gasteiger partial charge in [0.15, 0.2) is 0 Å². The quantitative estimate of drug-likeness (QED) is 0.505. The van der Waals surface area contributed by atoms with Gasteiger partial charge in [-0.2, -0.15) is 0 Å². The second-order valence-electron chi connectivity index (χ2n) is 4.95. The zero-order valence-corrected chi connectivity index (χ0v) is 12.6. The zero-order chi connectivity index (χ0) is 15.0. The van der Waals surface area contributed by atoms with Crippen LogP contribution in [-0.4, -0.2) is 28.7 Å². The monoisotopic (exact) mass is 294 g/mol. The molecule has 0 spiro atoms. The number of carboxylic acid groups (broad SMARTS) is 1. The third kappa shape index (κ3) is 6.63. The molecular weight excluding hydrogens is 272 g/mol. The highest BCUT2D eigenvalue weighted by molar-refractivity contribution is 7.80. The summed E-state index contributed by atoms with van der Waals surface area (Å²) in [5, 5.41) is 11.8. The zero-order valence-electron chi connectivity index (χ0n) is 11.8. The number of aliphatic carboxylic acids is 1. The number of rotatable bonds is 8. The van der Waals surface area contributed by atoms with Gasteiger partial charge in [0.05, 0.1) is 4.99 Å². The van der Waals surface area contributed by atoms with E-state index in [1.54, 1.807) is 0 Å². The van der Waals surface area contributed by atoms with E-state index in [2.05, 4.69) is 36.5 Å². The number of thiocarbonyl (C=S) groups is 1. The largest absolute Gasteiger partial charge is 0.480 e. The number of nitrogens with two attached hydrogens (primary N) is 1. The van der Waals surface area contributed by atoms with E-state index in [4.69, 9.17) is 23.1 Å². The number of unbranched alkanes of at least 4 members (excludes halogenated alkanes) is 1. The van der Waals surface area contributed by atoms with Crippen LogP contribution in [-0.2, 0) is 11.2 Å². The van der Waals surface area contributed by atoms with E-state index in [1.807, 2.05) is 0 Å². The van der Waals surface area contributed by atoms with E-state index < -0.39 is 12.0 Å². The molecule has 4 N–H and O–H groups in total. The van der Waals surface area contributed by atoms with Crippen molar-refractivity contribution in [2.24, 2.45) is 5.73 Å². The van der Waals surface area contributed by atoms with Crippen molar-refractivity contribution in [3.05, 3.63) is 35.4 Å². The lowest BCUT2D eigenvalue weighted by molar-refractivity contribution is -0.138. The van der Waals surface area contributed by atoms with Gasteiger partial charge in [-0.05, 0) is 31.7 Å². The van der Waals surface area contributed by atoms with Gasteiger partial charge in [-0.1, -0.05) is 42.0 Å². The minimum Gasteiger partial charge on any atom is -0.480 e. The van der Waals surface area contributed by atoms with Crippen LogP contribution in [0.5, 0.6) is 0 Å². The predicted molar refractivity (Wildman–Crippen MR) is 84.9 cm³/mol. The fourth-order valence-electron chi connectivity index (χ4n) is 1.79. The molecule has 1 aromatic carbocycles. The molecule has 1 aromatic rings. The van der Waals surface area contributed by atoms with E-state index in [0.717, 1.165) is 30.8 Å². The van der Waals surface area contributed by atoms with E-state index in [1.165, 1.54) is 11.1 Å². The fourth-order valence-corrected chi connectivity index (χ4v) is 2.06. The minimum absolute atomic E-state index is 0.502. The summed E-state index contributed by atoms with van der Waals surface area (Å²) < 4.78 is 0. The lowest BCUT2D eigenvalue weighted by atomic mass is 10.1. The van der Waals surface area contributed by atoms with Gasteiger partial charge in [-0.25, -0.2) is 0 Å².